The van der Waals surface area contributed by atoms with Gasteiger partial charge in [0, 0.05) is 27.2 Å². The van der Waals surface area contributed by atoms with Crippen LogP contribution >= 0.6 is 0 Å². The van der Waals surface area contributed by atoms with Gasteiger partial charge >= 0.3 is 0 Å². The molecule has 0 aliphatic rings. The molecule has 0 spiro atoms. The Hall–Kier alpha value is -1.65. The van der Waals surface area contributed by atoms with Crippen LogP contribution in [0.3, 0.4) is 0 Å². The number of carbonyl (C=O) groups is 1. The highest BCUT2D eigenvalue weighted by atomic mass is 16.1. The highest BCUT2D eigenvalue weighted by Crippen LogP contribution is 2.13. The molecule has 0 saturated heterocycles. The summed E-state index contributed by atoms with van der Waals surface area (Å²) in [5.41, 5.74) is 0. The number of aromatic nitrogens is 2. The molecule has 0 amide bonds. The number of ketones is 1. The van der Waals surface area contributed by atoms with E-state index in [1.54, 1.807) is 11.8 Å². The lowest BCUT2D eigenvalue weighted by atomic mass is 10.4. The number of Topliss-reactive ketones (excluding diaryl/α,β-unsaturated/α-hetero) is 1. The molecule has 1 aromatic rings. The molecule has 5 nitrogen and oxygen atoms in total. The Bertz CT molecular complexity index is 351. The van der Waals surface area contributed by atoms with E-state index in [0.717, 1.165) is 11.6 Å². The SMILES string of the molecule is CC(=O)CN(C)c1cc(N(C)C)ncn1. The van der Waals surface area contributed by atoms with Crippen molar-refractivity contribution in [3.63, 3.8) is 0 Å². The smallest absolute Gasteiger partial charge is 0.149 e. The Morgan fingerprint density at radius 2 is 1.87 bits per heavy atom. The summed E-state index contributed by atoms with van der Waals surface area (Å²) < 4.78 is 0. The van der Waals surface area contributed by atoms with Crippen LogP contribution in [-0.4, -0.2) is 43.4 Å². The number of nitrogens with zero attached hydrogens (tertiary/aromatic N) is 4. The lowest BCUT2D eigenvalue weighted by Crippen LogP contribution is -2.25. The largest absolute Gasteiger partial charge is 0.363 e. The van der Waals surface area contributed by atoms with E-state index in [4.69, 9.17) is 0 Å². The van der Waals surface area contributed by atoms with Crippen LogP contribution in [0.25, 0.3) is 0 Å². The average molecular weight is 208 g/mol. The molecule has 0 fully saturated rings. The third kappa shape index (κ3) is 3.19. The van der Waals surface area contributed by atoms with Crippen molar-refractivity contribution < 1.29 is 4.79 Å². The van der Waals surface area contributed by atoms with E-state index >= 15 is 0 Å². The molecule has 0 unspecified atom stereocenters. The van der Waals surface area contributed by atoms with E-state index in [0.29, 0.717) is 6.54 Å². The summed E-state index contributed by atoms with van der Waals surface area (Å²) in [5.74, 6) is 1.70. The molecular formula is C10H16N4O. The van der Waals surface area contributed by atoms with Crippen molar-refractivity contribution in [1.82, 2.24) is 9.97 Å². The Morgan fingerprint density at radius 1 is 1.27 bits per heavy atom. The number of likely N-dealkylation sites (N-methyl/N-ethyl adjacent to an activating group) is 1. The van der Waals surface area contributed by atoms with Gasteiger partial charge in [0.2, 0.25) is 0 Å². The van der Waals surface area contributed by atoms with Crippen LogP contribution in [0.2, 0.25) is 0 Å². The highest BCUT2D eigenvalue weighted by molar-refractivity contribution is 5.80. The van der Waals surface area contributed by atoms with Gasteiger partial charge in [-0.25, -0.2) is 9.97 Å². The molecule has 15 heavy (non-hydrogen) atoms. The summed E-state index contributed by atoms with van der Waals surface area (Å²) >= 11 is 0. The van der Waals surface area contributed by atoms with Crippen molar-refractivity contribution in [1.29, 1.82) is 0 Å². The first kappa shape index (κ1) is 11.4. The first-order valence-corrected chi connectivity index (χ1v) is 4.70. The molecule has 0 atom stereocenters. The second kappa shape index (κ2) is 4.72. The van der Waals surface area contributed by atoms with Crippen molar-refractivity contribution in [2.75, 3.05) is 37.5 Å². The van der Waals surface area contributed by atoms with E-state index in [-0.39, 0.29) is 5.78 Å². The zero-order valence-electron chi connectivity index (χ0n) is 9.56. The maximum Gasteiger partial charge on any atom is 0.149 e. The van der Waals surface area contributed by atoms with Gasteiger partial charge in [-0.1, -0.05) is 0 Å². The zero-order valence-corrected chi connectivity index (χ0v) is 9.56. The number of hydrogen-bond donors (Lipinski definition) is 0. The van der Waals surface area contributed by atoms with Gasteiger partial charge in [-0.2, -0.15) is 0 Å². The quantitative estimate of drug-likeness (QED) is 0.724. The topological polar surface area (TPSA) is 49.3 Å². The Labute approximate surface area is 89.7 Å². The van der Waals surface area contributed by atoms with Gasteiger partial charge in [-0.05, 0) is 6.92 Å². The van der Waals surface area contributed by atoms with Crippen LogP contribution in [-0.2, 0) is 4.79 Å². The first-order chi connectivity index (χ1) is 7.00. The fourth-order valence-electron chi connectivity index (χ4n) is 1.21. The highest BCUT2D eigenvalue weighted by Gasteiger charge is 2.06. The second-order valence-electron chi connectivity index (χ2n) is 3.69. The lowest BCUT2D eigenvalue weighted by molar-refractivity contribution is -0.115. The molecule has 0 aliphatic carbocycles. The number of rotatable bonds is 4. The van der Waals surface area contributed by atoms with Gasteiger partial charge in [0.05, 0.1) is 6.54 Å². The first-order valence-electron chi connectivity index (χ1n) is 4.70. The van der Waals surface area contributed by atoms with Crippen LogP contribution < -0.4 is 9.80 Å². The van der Waals surface area contributed by atoms with E-state index in [1.807, 2.05) is 32.1 Å². The number of carbonyl (C=O) groups excluding carboxylic acids is 1. The summed E-state index contributed by atoms with van der Waals surface area (Å²) in [5, 5.41) is 0. The molecule has 1 heterocycles. The number of anilines is 2. The van der Waals surface area contributed by atoms with Crippen molar-refractivity contribution in [3.8, 4) is 0 Å². The van der Waals surface area contributed by atoms with E-state index < -0.39 is 0 Å². The molecule has 0 saturated carbocycles. The van der Waals surface area contributed by atoms with Crippen LogP contribution in [0.4, 0.5) is 11.6 Å². The molecule has 82 valence electrons. The lowest BCUT2D eigenvalue weighted by Gasteiger charge is -2.18. The van der Waals surface area contributed by atoms with E-state index in [2.05, 4.69) is 9.97 Å². The minimum Gasteiger partial charge on any atom is -0.363 e. The molecule has 1 rings (SSSR count). The maximum absolute atomic E-state index is 11.0. The van der Waals surface area contributed by atoms with Crippen LogP contribution in [0, 0.1) is 0 Å². The van der Waals surface area contributed by atoms with E-state index in [1.165, 1.54) is 6.33 Å². The monoisotopic (exact) mass is 208 g/mol. The van der Waals surface area contributed by atoms with Crippen LogP contribution in [0.1, 0.15) is 6.92 Å². The molecule has 0 radical (unpaired) electrons. The standard InChI is InChI=1S/C10H16N4O/c1-8(15)6-14(4)10-5-9(13(2)3)11-7-12-10/h5,7H,6H2,1-4H3. The maximum atomic E-state index is 11.0. The molecule has 0 aromatic carbocycles. The fourth-order valence-corrected chi connectivity index (χ4v) is 1.21. The summed E-state index contributed by atoms with van der Waals surface area (Å²) in [6, 6.07) is 1.85. The van der Waals surface area contributed by atoms with E-state index in [9.17, 15) is 4.79 Å². The van der Waals surface area contributed by atoms with Crippen molar-refractivity contribution in [2.24, 2.45) is 0 Å². The molecule has 0 N–H and O–H groups in total. The predicted octanol–water partition coefficient (Wildman–Crippen LogP) is 0.568. The molecule has 0 aliphatic heterocycles. The van der Waals surface area contributed by atoms with Gasteiger partial charge in [-0.3, -0.25) is 4.79 Å². The van der Waals surface area contributed by atoms with Crippen molar-refractivity contribution >= 4 is 17.4 Å². The zero-order chi connectivity index (χ0) is 11.4. The molecule has 0 bridgehead atoms. The summed E-state index contributed by atoms with van der Waals surface area (Å²) in [6.07, 6.45) is 1.50. The van der Waals surface area contributed by atoms with Crippen molar-refractivity contribution in [3.05, 3.63) is 12.4 Å². The van der Waals surface area contributed by atoms with Crippen molar-refractivity contribution in [2.45, 2.75) is 6.92 Å². The van der Waals surface area contributed by atoms with Crippen LogP contribution in [0.5, 0.6) is 0 Å². The minimum atomic E-state index is 0.113. The van der Waals surface area contributed by atoms with Gasteiger partial charge < -0.3 is 9.80 Å². The Balaban J connectivity index is 2.85. The average Bonchev–Trinajstić information content (AvgIpc) is 2.17. The normalized spacial score (nSPS) is 9.87. The van der Waals surface area contributed by atoms with Crippen LogP contribution in [0.15, 0.2) is 12.4 Å². The summed E-state index contributed by atoms with van der Waals surface area (Å²) in [6.45, 7) is 1.93. The summed E-state index contributed by atoms with van der Waals surface area (Å²) in [7, 11) is 5.66. The predicted molar refractivity (Wildman–Crippen MR) is 60.3 cm³/mol. The molecule has 5 heteroatoms. The number of hydrogen-bond acceptors (Lipinski definition) is 5. The third-order valence-corrected chi connectivity index (χ3v) is 1.95. The fraction of sp³-hybridized carbons (Fsp3) is 0.500. The second-order valence-corrected chi connectivity index (χ2v) is 3.69. The van der Waals surface area contributed by atoms with Gasteiger partial charge in [0.1, 0.15) is 23.7 Å². The van der Waals surface area contributed by atoms with Gasteiger partial charge in [-0.15, -0.1) is 0 Å². The Morgan fingerprint density at radius 3 is 2.40 bits per heavy atom. The Kier molecular flexibility index (Phi) is 3.60. The third-order valence-electron chi connectivity index (χ3n) is 1.95. The molecular weight excluding hydrogens is 192 g/mol. The van der Waals surface area contributed by atoms with Gasteiger partial charge in [0.25, 0.3) is 0 Å². The minimum absolute atomic E-state index is 0.113. The molecule has 1 aromatic heterocycles. The van der Waals surface area contributed by atoms with Gasteiger partial charge in [0.15, 0.2) is 0 Å². The summed E-state index contributed by atoms with van der Waals surface area (Å²) in [4.78, 5) is 22.9.